The normalized spacial score (nSPS) is 22.1. The van der Waals surface area contributed by atoms with E-state index < -0.39 is 0 Å². The quantitative estimate of drug-likeness (QED) is 0.790. The van der Waals surface area contributed by atoms with Crippen molar-refractivity contribution in [1.29, 1.82) is 0 Å². The number of fused-ring (bicyclic) bond motifs is 1. The lowest BCUT2D eigenvalue weighted by atomic mass is 9.87. The van der Waals surface area contributed by atoms with Gasteiger partial charge < -0.3 is 5.32 Å². The maximum atomic E-state index is 4.44. The zero-order valence-electron chi connectivity index (χ0n) is 14.0. The molecule has 0 amide bonds. The van der Waals surface area contributed by atoms with Gasteiger partial charge in [-0.1, -0.05) is 0 Å². The number of anilines is 1. The number of rotatable bonds is 4. The van der Waals surface area contributed by atoms with Gasteiger partial charge in [0.1, 0.15) is 12.1 Å². The molecule has 126 valence electrons. The van der Waals surface area contributed by atoms with Gasteiger partial charge in [0.15, 0.2) is 0 Å². The van der Waals surface area contributed by atoms with Crippen LogP contribution in [0.25, 0.3) is 10.2 Å². The Balaban J connectivity index is 1.56. The summed E-state index contributed by atoms with van der Waals surface area (Å²) in [7, 11) is 4.24. The molecule has 1 aliphatic heterocycles. The first-order chi connectivity index (χ1) is 11.7. The first kappa shape index (κ1) is 15.5. The summed E-state index contributed by atoms with van der Waals surface area (Å²) in [5, 5.41) is 10.0. The van der Waals surface area contributed by atoms with Gasteiger partial charge in [-0.05, 0) is 49.9 Å². The van der Waals surface area contributed by atoms with Gasteiger partial charge in [-0.2, -0.15) is 5.10 Å². The van der Waals surface area contributed by atoms with E-state index >= 15 is 0 Å². The van der Waals surface area contributed by atoms with E-state index in [0.29, 0.717) is 12.0 Å². The predicted molar refractivity (Wildman–Crippen MR) is 97.2 cm³/mol. The molecule has 3 aromatic heterocycles. The molecule has 0 spiro atoms. The van der Waals surface area contributed by atoms with E-state index in [1.54, 1.807) is 17.7 Å². The average molecular weight is 342 g/mol. The summed E-state index contributed by atoms with van der Waals surface area (Å²) < 4.78 is 3.14. The van der Waals surface area contributed by atoms with E-state index in [1.807, 2.05) is 24.0 Å². The van der Waals surface area contributed by atoms with Crippen LogP contribution in [0, 0.1) is 5.92 Å². The molecule has 0 bridgehead atoms. The Morgan fingerprint density at radius 3 is 3.04 bits per heavy atom. The van der Waals surface area contributed by atoms with Crippen LogP contribution in [0.2, 0.25) is 0 Å². The fourth-order valence-electron chi connectivity index (χ4n) is 3.76. The van der Waals surface area contributed by atoms with Crippen LogP contribution in [0.3, 0.4) is 0 Å². The molecule has 24 heavy (non-hydrogen) atoms. The molecule has 4 heterocycles. The highest BCUT2D eigenvalue weighted by Crippen LogP contribution is 2.35. The van der Waals surface area contributed by atoms with Gasteiger partial charge in [0.25, 0.3) is 0 Å². The third kappa shape index (κ3) is 2.78. The molecule has 0 aliphatic carbocycles. The van der Waals surface area contributed by atoms with Crippen LogP contribution in [0.15, 0.2) is 30.0 Å². The highest BCUT2D eigenvalue weighted by atomic mass is 32.1. The number of likely N-dealkylation sites (tertiary alicyclic amines) is 1. The zero-order valence-corrected chi connectivity index (χ0v) is 14.8. The number of nitrogens with one attached hydrogen (secondary N) is 1. The van der Waals surface area contributed by atoms with Gasteiger partial charge in [0.2, 0.25) is 0 Å². The maximum absolute atomic E-state index is 4.44. The smallest absolute Gasteiger partial charge is 0.147 e. The fraction of sp³-hybridized carbons (Fsp3) is 0.471. The lowest BCUT2D eigenvalue weighted by Crippen LogP contribution is -2.40. The molecule has 0 unspecified atom stereocenters. The van der Waals surface area contributed by atoms with Crippen LogP contribution < -0.4 is 5.32 Å². The van der Waals surface area contributed by atoms with Crippen molar-refractivity contribution in [2.24, 2.45) is 13.0 Å². The number of thiophene rings is 1. The SMILES string of the molecule is CN1CCC[C@@H](CNc2ncnc3ccsc23)[C@@H]1c1ccnn1C. The molecule has 1 aliphatic rings. The molecule has 6 nitrogen and oxygen atoms in total. The molecule has 0 saturated carbocycles. The molecular weight excluding hydrogens is 320 g/mol. The van der Waals surface area contributed by atoms with Crippen molar-refractivity contribution in [2.75, 3.05) is 25.5 Å². The standard InChI is InChI=1S/C17H22N6S/c1-22-8-3-4-12(15(22)14-5-7-21-23(14)2)10-18-17-16-13(6-9-24-16)19-11-20-17/h5-7,9,11-12,15H,3-4,8,10H2,1-2H3,(H,18,19,20)/t12-,15+/m0/s1. The molecule has 1 saturated heterocycles. The van der Waals surface area contributed by atoms with E-state index in [2.05, 4.69) is 43.8 Å². The lowest BCUT2D eigenvalue weighted by Gasteiger charge is -2.39. The second-order valence-corrected chi connectivity index (χ2v) is 7.36. The Hall–Kier alpha value is -1.99. The van der Waals surface area contributed by atoms with Gasteiger partial charge in [0, 0.05) is 19.8 Å². The van der Waals surface area contributed by atoms with Crippen molar-refractivity contribution in [1.82, 2.24) is 24.6 Å². The van der Waals surface area contributed by atoms with Gasteiger partial charge in [-0.3, -0.25) is 9.58 Å². The molecule has 1 fully saturated rings. The summed E-state index contributed by atoms with van der Waals surface area (Å²) in [4.78, 5) is 11.2. The van der Waals surface area contributed by atoms with Crippen molar-refractivity contribution in [2.45, 2.75) is 18.9 Å². The van der Waals surface area contributed by atoms with Crippen LogP contribution in [-0.2, 0) is 7.05 Å². The number of hydrogen-bond acceptors (Lipinski definition) is 6. The Kier molecular flexibility index (Phi) is 4.20. The van der Waals surface area contributed by atoms with E-state index in [1.165, 1.54) is 18.5 Å². The van der Waals surface area contributed by atoms with Crippen LogP contribution >= 0.6 is 11.3 Å². The summed E-state index contributed by atoms with van der Waals surface area (Å²) in [6, 6.07) is 4.57. The molecule has 2 atom stereocenters. The minimum atomic E-state index is 0.388. The Morgan fingerprint density at radius 1 is 1.29 bits per heavy atom. The average Bonchev–Trinajstić information content (AvgIpc) is 3.22. The number of hydrogen-bond donors (Lipinski definition) is 1. The van der Waals surface area contributed by atoms with Gasteiger partial charge in [-0.25, -0.2) is 9.97 Å². The summed E-state index contributed by atoms with van der Waals surface area (Å²) in [6.45, 7) is 2.04. The Labute approximate surface area is 145 Å². The minimum absolute atomic E-state index is 0.388. The third-order valence-electron chi connectivity index (χ3n) is 4.94. The maximum Gasteiger partial charge on any atom is 0.147 e. The van der Waals surface area contributed by atoms with Crippen molar-refractivity contribution < 1.29 is 0 Å². The van der Waals surface area contributed by atoms with E-state index in [-0.39, 0.29) is 0 Å². The van der Waals surface area contributed by atoms with E-state index in [4.69, 9.17) is 0 Å². The van der Waals surface area contributed by atoms with E-state index in [0.717, 1.165) is 29.1 Å². The summed E-state index contributed by atoms with van der Waals surface area (Å²) >= 11 is 1.69. The van der Waals surface area contributed by atoms with Crippen LogP contribution in [0.1, 0.15) is 24.6 Å². The van der Waals surface area contributed by atoms with Gasteiger partial charge >= 0.3 is 0 Å². The number of piperidine rings is 1. The lowest BCUT2D eigenvalue weighted by molar-refractivity contribution is 0.121. The molecule has 3 aromatic rings. The van der Waals surface area contributed by atoms with E-state index in [9.17, 15) is 0 Å². The largest absolute Gasteiger partial charge is 0.368 e. The topological polar surface area (TPSA) is 58.9 Å². The summed E-state index contributed by atoms with van der Waals surface area (Å²) in [6.07, 6.45) is 5.98. The molecular formula is C17H22N6S. The molecule has 1 N–H and O–H groups in total. The number of nitrogens with zero attached hydrogens (tertiary/aromatic N) is 5. The second-order valence-electron chi connectivity index (χ2n) is 6.45. The fourth-order valence-corrected chi connectivity index (χ4v) is 4.57. The van der Waals surface area contributed by atoms with Crippen LogP contribution in [-0.4, -0.2) is 44.8 Å². The molecule has 0 radical (unpaired) electrons. The van der Waals surface area contributed by atoms with Crippen LogP contribution in [0.5, 0.6) is 0 Å². The first-order valence-electron chi connectivity index (χ1n) is 8.34. The predicted octanol–water partition coefficient (Wildman–Crippen LogP) is 2.92. The third-order valence-corrected chi connectivity index (χ3v) is 5.85. The van der Waals surface area contributed by atoms with Crippen molar-refractivity contribution in [3.8, 4) is 0 Å². The monoisotopic (exact) mass is 342 g/mol. The Bertz CT molecular complexity index is 825. The summed E-state index contributed by atoms with van der Waals surface area (Å²) in [5.74, 6) is 1.48. The molecule has 0 aromatic carbocycles. The van der Waals surface area contributed by atoms with Crippen molar-refractivity contribution in [3.05, 3.63) is 35.7 Å². The number of aromatic nitrogens is 4. The van der Waals surface area contributed by atoms with Gasteiger partial charge in [0.05, 0.1) is 22.0 Å². The van der Waals surface area contributed by atoms with Crippen molar-refractivity contribution in [3.63, 3.8) is 0 Å². The van der Waals surface area contributed by atoms with Crippen LogP contribution in [0.4, 0.5) is 5.82 Å². The zero-order chi connectivity index (χ0) is 16.5. The summed E-state index contributed by atoms with van der Waals surface area (Å²) in [5.41, 5.74) is 2.30. The highest BCUT2D eigenvalue weighted by Gasteiger charge is 2.32. The first-order valence-corrected chi connectivity index (χ1v) is 9.22. The Morgan fingerprint density at radius 2 is 2.21 bits per heavy atom. The van der Waals surface area contributed by atoms with Crippen molar-refractivity contribution >= 4 is 27.4 Å². The minimum Gasteiger partial charge on any atom is -0.368 e. The second kappa shape index (κ2) is 6.49. The number of aryl methyl sites for hydroxylation is 1. The highest BCUT2D eigenvalue weighted by molar-refractivity contribution is 7.17. The molecule has 7 heteroatoms. The van der Waals surface area contributed by atoms with Gasteiger partial charge in [-0.15, -0.1) is 11.3 Å². The molecule has 4 rings (SSSR count).